The molecule has 4 heteroatoms. The van der Waals surface area contributed by atoms with E-state index in [1.165, 1.54) is 0 Å². The number of hydrogen-bond donors (Lipinski definition) is 1. The largest absolute Gasteiger partial charge is 0.486 e. The molecule has 0 amide bonds. The summed E-state index contributed by atoms with van der Waals surface area (Å²) >= 11 is 0. The normalized spacial score (nSPS) is 13.3. The van der Waals surface area contributed by atoms with Crippen LogP contribution in [0.4, 0.5) is 0 Å². The van der Waals surface area contributed by atoms with E-state index in [2.05, 4.69) is 18.9 Å². The topological polar surface area (TPSA) is 53.1 Å². The van der Waals surface area contributed by atoms with Crippen LogP contribution in [0, 0.1) is 5.92 Å². The Kier molecular flexibility index (Phi) is 3.31. The van der Waals surface area contributed by atoms with Crippen molar-refractivity contribution in [3.8, 4) is 5.75 Å². The zero-order chi connectivity index (χ0) is 9.84. The fourth-order valence-corrected chi connectivity index (χ4v) is 1.09. The van der Waals surface area contributed by atoms with Crippen LogP contribution >= 0.6 is 0 Å². The van der Waals surface area contributed by atoms with Crippen LogP contribution in [0.5, 0.6) is 5.75 Å². The van der Waals surface area contributed by atoms with Gasteiger partial charge in [-0.05, 0) is 5.92 Å². The second kappa shape index (κ2) is 4.28. The van der Waals surface area contributed by atoms with Gasteiger partial charge in [-0.1, -0.05) is 13.8 Å². The van der Waals surface area contributed by atoms with Crippen LogP contribution in [0.2, 0.25) is 0 Å². The predicted octanol–water partition coefficient (Wildman–Crippen LogP) is 0.782. The van der Waals surface area contributed by atoms with Crippen LogP contribution in [0.25, 0.3) is 0 Å². The van der Waals surface area contributed by atoms with Crippen molar-refractivity contribution in [2.45, 2.75) is 20.0 Å². The molecule has 1 atom stereocenters. The SMILES string of the molecule is CC(C)C(CN)Oc1cnn(C)c1. The van der Waals surface area contributed by atoms with Crippen LogP contribution in [0.15, 0.2) is 12.4 Å². The molecule has 0 aliphatic carbocycles. The van der Waals surface area contributed by atoms with E-state index in [1.54, 1.807) is 10.9 Å². The molecule has 0 radical (unpaired) electrons. The fraction of sp³-hybridized carbons (Fsp3) is 0.667. The van der Waals surface area contributed by atoms with Gasteiger partial charge in [0.1, 0.15) is 6.10 Å². The summed E-state index contributed by atoms with van der Waals surface area (Å²) in [6.07, 6.45) is 3.61. The van der Waals surface area contributed by atoms with E-state index in [0.29, 0.717) is 12.5 Å². The molecular weight excluding hydrogens is 166 g/mol. The highest BCUT2D eigenvalue weighted by molar-refractivity contribution is 5.12. The van der Waals surface area contributed by atoms with Gasteiger partial charge in [-0.15, -0.1) is 0 Å². The molecule has 2 N–H and O–H groups in total. The summed E-state index contributed by atoms with van der Waals surface area (Å²) in [7, 11) is 1.86. The maximum absolute atomic E-state index is 5.64. The van der Waals surface area contributed by atoms with Crippen molar-refractivity contribution < 1.29 is 4.74 Å². The minimum atomic E-state index is 0.0733. The molecule has 1 unspecified atom stereocenters. The summed E-state index contributed by atoms with van der Waals surface area (Å²) in [5.74, 6) is 1.21. The van der Waals surface area contributed by atoms with Gasteiger partial charge in [-0.2, -0.15) is 5.10 Å². The van der Waals surface area contributed by atoms with Gasteiger partial charge in [0.15, 0.2) is 5.75 Å². The predicted molar refractivity (Wildman–Crippen MR) is 51.5 cm³/mol. The Labute approximate surface area is 78.7 Å². The zero-order valence-corrected chi connectivity index (χ0v) is 8.40. The lowest BCUT2D eigenvalue weighted by Gasteiger charge is -2.19. The zero-order valence-electron chi connectivity index (χ0n) is 8.40. The second-order valence-corrected chi connectivity index (χ2v) is 3.49. The molecule has 1 heterocycles. The minimum absolute atomic E-state index is 0.0733. The van der Waals surface area contributed by atoms with Gasteiger partial charge in [0, 0.05) is 13.6 Å². The third kappa shape index (κ3) is 2.73. The maximum Gasteiger partial charge on any atom is 0.157 e. The van der Waals surface area contributed by atoms with E-state index in [-0.39, 0.29) is 6.10 Å². The Morgan fingerprint density at radius 3 is 2.69 bits per heavy atom. The van der Waals surface area contributed by atoms with Gasteiger partial charge < -0.3 is 10.5 Å². The molecule has 1 aromatic heterocycles. The quantitative estimate of drug-likeness (QED) is 0.750. The van der Waals surface area contributed by atoms with Crippen molar-refractivity contribution in [3.63, 3.8) is 0 Å². The third-order valence-electron chi connectivity index (χ3n) is 1.94. The number of hydrogen-bond acceptors (Lipinski definition) is 3. The van der Waals surface area contributed by atoms with Crippen molar-refractivity contribution in [3.05, 3.63) is 12.4 Å². The highest BCUT2D eigenvalue weighted by Crippen LogP contribution is 2.13. The van der Waals surface area contributed by atoms with Crippen LogP contribution in [0.1, 0.15) is 13.8 Å². The minimum Gasteiger partial charge on any atom is -0.486 e. The van der Waals surface area contributed by atoms with Crippen LogP contribution < -0.4 is 10.5 Å². The Balaban J connectivity index is 2.56. The second-order valence-electron chi connectivity index (χ2n) is 3.49. The van der Waals surface area contributed by atoms with Gasteiger partial charge in [-0.3, -0.25) is 4.68 Å². The number of ether oxygens (including phenoxy) is 1. The van der Waals surface area contributed by atoms with Gasteiger partial charge >= 0.3 is 0 Å². The van der Waals surface area contributed by atoms with Crippen molar-refractivity contribution in [2.75, 3.05) is 6.54 Å². The van der Waals surface area contributed by atoms with Crippen molar-refractivity contribution >= 4 is 0 Å². The number of rotatable bonds is 4. The van der Waals surface area contributed by atoms with Gasteiger partial charge in [0.2, 0.25) is 0 Å². The molecule has 13 heavy (non-hydrogen) atoms. The average Bonchev–Trinajstić information content (AvgIpc) is 2.46. The molecule has 0 saturated carbocycles. The molecule has 74 valence electrons. The Morgan fingerprint density at radius 1 is 1.62 bits per heavy atom. The summed E-state index contributed by atoms with van der Waals surface area (Å²) in [4.78, 5) is 0. The lowest BCUT2D eigenvalue weighted by atomic mass is 10.1. The van der Waals surface area contributed by atoms with Gasteiger partial charge in [-0.25, -0.2) is 0 Å². The van der Waals surface area contributed by atoms with E-state index in [1.807, 2.05) is 13.2 Å². The Hall–Kier alpha value is -1.03. The van der Waals surface area contributed by atoms with E-state index in [4.69, 9.17) is 10.5 Å². The molecule has 0 saturated heterocycles. The lowest BCUT2D eigenvalue weighted by Crippen LogP contribution is -2.31. The molecule has 0 fully saturated rings. The maximum atomic E-state index is 5.64. The average molecular weight is 183 g/mol. The first-order chi connectivity index (χ1) is 6.13. The molecule has 0 spiro atoms. The first-order valence-electron chi connectivity index (χ1n) is 4.49. The summed E-state index contributed by atoms with van der Waals surface area (Å²) in [5, 5.41) is 4.01. The number of aromatic nitrogens is 2. The lowest BCUT2D eigenvalue weighted by molar-refractivity contribution is 0.159. The molecule has 1 aromatic rings. The monoisotopic (exact) mass is 183 g/mol. The number of aryl methyl sites for hydroxylation is 1. The Bertz CT molecular complexity index is 257. The van der Waals surface area contributed by atoms with Crippen LogP contribution in [0.3, 0.4) is 0 Å². The Morgan fingerprint density at radius 2 is 2.31 bits per heavy atom. The number of nitrogens with two attached hydrogens (primary N) is 1. The molecule has 0 aromatic carbocycles. The van der Waals surface area contributed by atoms with Gasteiger partial charge in [0.25, 0.3) is 0 Å². The molecular formula is C9H17N3O. The smallest absolute Gasteiger partial charge is 0.157 e. The summed E-state index contributed by atoms with van der Waals surface area (Å²) in [6.45, 7) is 4.72. The molecule has 0 aliphatic heterocycles. The summed E-state index contributed by atoms with van der Waals surface area (Å²) in [5.41, 5.74) is 5.58. The van der Waals surface area contributed by atoms with E-state index >= 15 is 0 Å². The highest BCUT2D eigenvalue weighted by atomic mass is 16.5. The fourth-order valence-electron chi connectivity index (χ4n) is 1.09. The van der Waals surface area contributed by atoms with E-state index in [9.17, 15) is 0 Å². The highest BCUT2D eigenvalue weighted by Gasteiger charge is 2.13. The molecule has 4 nitrogen and oxygen atoms in total. The number of nitrogens with zero attached hydrogens (tertiary/aromatic N) is 2. The summed E-state index contributed by atoms with van der Waals surface area (Å²) in [6, 6.07) is 0. The van der Waals surface area contributed by atoms with E-state index < -0.39 is 0 Å². The first kappa shape index (κ1) is 10.1. The molecule has 0 aliphatic rings. The first-order valence-corrected chi connectivity index (χ1v) is 4.49. The third-order valence-corrected chi connectivity index (χ3v) is 1.94. The summed E-state index contributed by atoms with van der Waals surface area (Å²) < 4.78 is 7.35. The van der Waals surface area contributed by atoms with Crippen LogP contribution in [-0.4, -0.2) is 22.4 Å². The standard InChI is InChI=1S/C9H17N3O/c1-7(2)9(4-10)13-8-5-11-12(3)6-8/h5-7,9H,4,10H2,1-3H3. The van der Waals surface area contributed by atoms with Crippen molar-refractivity contribution in [1.82, 2.24) is 9.78 Å². The van der Waals surface area contributed by atoms with Crippen molar-refractivity contribution in [1.29, 1.82) is 0 Å². The molecule has 1 rings (SSSR count). The van der Waals surface area contributed by atoms with Crippen LogP contribution in [-0.2, 0) is 7.05 Å². The van der Waals surface area contributed by atoms with Gasteiger partial charge in [0.05, 0.1) is 12.4 Å². The van der Waals surface area contributed by atoms with E-state index in [0.717, 1.165) is 5.75 Å². The molecule has 0 bridgehead atoms. The van der Waals surface area contributed by atoms with Crippen molar-refractivity contribution in [2.24, 2.45) is 18.7 Å².